The normalized spacial score (nSPS) is 12.7. The van der Waals surface area contributed by atoms with Gasteiger partial charge in [-0.3, -0.25) is 9.89 Å². The fourth-order valence-corrected chi connectivity index (χ4v) is 2.06. The molecular formula is C12H13Cl2N3O. The Morgan fingerprint density at radius 3 is 2.50 bits per heavy atom. The fourth-order valence-electron chi connectivity index (χ4n) is 1.75. The summed E-state index contributed by atoms with van der Waals surface area (Å²) in [5.74, 6) is 0.381. The average molecular weight is 286 g/mol. The molecular weight excluding hydrogens is 273 g/mol. The topological polar surface area (TPSA) is 63.8 Å². The summed E-state index contributed by atoms with van der Waals surface area (Å²) in [5.41, 5.74) is 6.95. The van der Waals surface area contributed by atoms with E-state index in [1.165, 1.54) is 4.68 Å². The molecule has 0 aliphatic heterocycles. The summed E-state index contributed by atoms with van der Waals surface area (Å²) in [4.78, 5) is 11.9. The number of H-pyrrole nitrogens is 1. The molecule has 0 amide bonds. The van der Waals surface area contributed by atoms with Crippen LogP contribution in [0.2, 0.25) is 10.0 Å². The Hall–Kier alpha value is -1.39. The van der Waals surface area contributed by atoms with Gasteiger partial charge in [0.05, 0.1) is 21.7 Å². The van der Waals surface area contributed by atoms with Crippen LogP contribution in [-0.4, -0.2) is 9.78 Å². The van der Waals surface area contributed by atoms with Crippen molar-refractivity contribution < 1.29 is 0 Å². The van der Waals surface area contributed by atoms with E-state index < -0.39 is 0 Å². The Bertz CT molecular complexity index is 645. The largest absolute Gasteiger partial charge is 0.384 e. The Labute approximate surface area is 114 Å². The second-order valence-electron chi connectivity index (χ2n) is 4.18. The first-order chi connectivity index (χ1) is 8.41. The van der Waals surface area contributed by atoms with Crippen molar-refractivity contribution >= 4 is 29.0 Å². The molecule has 0 radical (unpaired) electrons. The fraction of sp³-hybridized carbons (Fsp3) is 0.250. The van der Waals surface area contributed by atoms with Crippen molar-refractivity contribution in [2.24, 2.45) is 0 Å². The first kappa shape index (κ1) is 13.1. The summed E-state index contributed by atoms with van der Waals surface area (Å²) in [6.45, 7) is 3.57. The van der Waals surface area contributed by atoms with Crippen LogP contribution in [-0.2, 0) is 0 Å². The van der Waals surface area contributed by atoms with Crippen molar-refractivity contribution in [3.63, 3.8) is 0 Å². The second-order valence-corrected chi connectivity index (χ2v) is 4.99. The van der Waals surface area contributed by atoms with Crippen molar-refractivity contribution in [3.8, 4) is 0 Å². The van der Waals surface area contributed by atoms with Gasteiger partial charge in [0.1, 0.15) is 5.82 Å². The smallest absolute Gasteiger partial charge is 0.272 e. The van der Waals surface area contributed by atoms with Gasteiger partial charge in [-0.25, -0.2) is 4.68 Å². The Balaban J connectivity index is 2.47. The van der Waals surface area contributed by atoms with Gasteiger partial charge in [0.2, 0.25) is 0 Å². The van der Waals surface area contributed by atoms with Crippen LogP contribution in [0, 0.1) is 6.92 Å². The van der Waals surface area contributed by atoms with E-state index in [1.807, 2.05) is 13.0 Å². The number of aromatic amines is 1. The predicted octanol–water partition coefficient (Wildman–Crippen LogP) is 2.98. The van der Waals surface area contributed by atoms with Gasteiger partial charge in [-0.1, -0.05) is 29.3 Å². The van der Waals surface area contributed by atoms with Crippen molar-refractivity contribution in [2.75, 3.05) is 5.73 Å². The number of nitrogens with zero attached hydrogens (tertiary/aromatic N) is 1. The number of benzene rings is 1. The summed E-state index contributed by atoms with van der Waals surface area (Å²) in [7, 11) is 0. The van der Waals surface area contributed by atoms with Gasteiger partial charge in [-0.15, -0.1) is 0 Å². The van der Waals surface area contributed by atoms with Crippen LogP contribution in [0.1, 0.15) is 24.1 Å². The Kier molecular flexibility index (Phi) is 3.41. The lowest BCUT2D eigenvalue weighted by Gasteiger charge is -2.13. The number of hydrogen-bond donors (Lipinski definition) is 2. The molecule has 0 saturated carbocycles. The highest BCUT2D eigenvalue weighted by Gasteiger charge is 2.15. The van der Waals surface area contributed by atoms with Crippen molar-refractivity contribution in [2.45, 2.75) is 19.9 Å². The summed E-state index contributed by atoms with van der Waals surface area (Å²) < 4.78 is 1.48. The molecule has 18 heavy (non-hydrogen) atoms. The molecule has 4 nitrogen and oxygen atoms in total. The van der Waals surface area contributed by atoms with Crippen LogP contribution in [0.3, 0.4) is 0 Å². The predicted molar refractivity (Wildman–Crippen MR) is 74.5 cm³/mol. The lowest BCUT2D eigenvalue weighted by Crippen LogP contribution is -2.22. The molecule has 0 spiro atoms. The molecule has 0 aliphatic carbocycles. The molecule has 96 valence electrons. The lowest BCUT2D eigenvalue weighted by atomic mass is 10.1. The number of halogens is 2. The standard InChI is InChI=1S/C12H13Cl2N3O/c1-6-11(15)16-17(12(6)18)7(2)8-3-4-9(13)10(14)5-8/h3-5,7,16H,15H2,1-2H3. The highest BCUT2D eigenvalue weighted by atomic mass is 35.5. The van der Waals surface area contributed by atoms with Crippen LogP contribution in [0.25, 0.3) is 0 Å². The van der Waals surface area contributed by atoms with E-state index in [0.717, 1.165) is 5.56 Å². The minimum absolute atomic E-state index is 0.133. The van der Waals surface area contributed by atoms with Gasteiger partial charge in [-0.05, 0) is 31.5 Å². The molecule has 1 atom stereocenters. The molecule has 0 aliphatic rings. The maximum absolute atomic E-state index is 11.9. The zero-order chi connectivity index (χ0) is 13.4. The van der Waals surface area contributed by atoms with Crippen LogP contribution in [0.4, 0.5) is 5.82 Å². The third-order valence-electron chi connectivity index (χ3n) is 3.00. The molecule has 3 N–H and O–H groups in total. The minimum atomic E-state index is -0.191. The SMILES string of the molecule is Cc1c(N)[nH]n(C(C)c2ccc(Cl)c(Cl)c2)c1=O. The molecule has 2 aromatic rings. The van der Waals surface area contributed by atoms with Gasteiger partial charge >= 0.3 is 0 Å². The number of nitrogens with two attached hydrogens (primary N) is 1. The van der Waals surface area contributed by atoms with E-state index >= 15 is 0 Å². The molecule has 0 saturated heterocycles. The van der Waals surface area contributed by atoms with E-state index in [2.05, 4.69) is 5.10 Å². The van der Waals surface area contributed by atoms with E-state index in [0.29, 0.717) is 21.4 Å². The zero-order valence-electron chi connectivity index (χ0n) is 10.00. The number of rotatable bonds is 2. The maximum Gasteiger partial charge on any atom is 0.272 e. The minimum Gasteiger partial charge on any atom is -0.384 e. The number of anilines is 1. The molecule has 1 unspecified atom stereocenters. The highest BCUT2D eigenvalue weighted by molar-refractivity contribution is 6.42. The van der Waals surface area contributed by atoms with Crippen LogP contribution in [0.15, 0.2) is 23.0 Å². The van der Waals surface area contributed by atoms with E-state index in [9.17, 15) is 4.79 Å². The number of hydrogen-bond acceptors (Lipinski definition) is 2. The summed E-state index contributed by atoms with van der Waals surface area (Å²) >= 11 is 11.8. The second kappa shape index (κ2) is 4.71. The van der Waals surface area contributed by atoms with Crippen LogP contribution in [0.5, 0.6) is 0 Å². The maximum atomic E-state index is 11.9. The van der Waals surface area contributed by atoms with Gasteiger partial charge in [0.25, 0.3) is 5.56 Å². The molecule has 0 fully saturated rings. The monoisotopic (exact) mass is 285 g/mol. The van der Waals surface area contributed by atoms with Crippen LogP contribution >= 0.6 is 23.2 Å². The highest BCUT2D eigenvalue weighted by Crippen LogP contribution is 2.26. The van der Waals surface area contributed by atoms with Gasteiger partial charge in [0.15, 0.2) is 0 Å². The molecule has 6 heteroatoms. The first-order valence-electron chi connectivity index (χ1n) is 5.43. The quantitative estimate of drug-likeness (QED) is 0.891. The third kappa shape index (κ3) is 2.13. The summed E-state index contributed by atoms with van der Waals surface area (Å²) in [5, 5.41) is 3.80. The third-order valence-corrected chi connectivity index (χ3v) is 3.74. The lowest BCUT2D eigenvalue weighted by molar-refractivity contribution is 0.549. The van der Waals surface area contributed by atoms with E-state index in [4.69, 9.17) is 28.9 Å². The Morgan fingerprint density at radius 1 is 1.33 bits per heavy atom. The van der Waals surface area contributed by atoms with Crippen molar-refractivity contribution in [1.82, 2.24) is 9.78 Å². The Morgan fingerprint density at radius 2 is 2.00 bits per heavy atom. The van der Waals surface area contributed by atoms with Gasteiger partial charge < -0.3 is 5.73 Å². The number of aromatic nitrogens is 2. The van der Waals surface area contributed by atoms with Crippen molar-refractivity contribution in [1.29, 1.82) is 0 Å². The van der Waals surface area contributed by atoms with E-state index in [1.54, 1.807) is 19.1 Å². The van der Waals surface area contributed by atoms with Gasteiger partial charge in [-0.2, -0.15) is 0 Å². The van der Waals surface area contributed by atoms with Gasteiger partial charge in [0, 0.05) is 0 Å². The first-order valence-corrected chi connectivity index (χ1v) is 6.19. The summed E-state index contributed by atoms with van der Waals surface area (Å²) in [6.07, 6.45) is 0. The molecule has 1 heterocycles. The van der Waals surface area contributed by atoms with Crippen LogP contribution < -0.4 is 11.3 Å². The summed E-state index contributed by atoms with van der Waals surface area (Å²) in [6, 6.07) is 5.09. The molecule has 1 aromatic heterocycles. The average Bonchev–Trinajstić information content (AvgIpc) is 2.60. The van der Waals surface area contributed by atoms with Crippen molar-refractivity contribution in [3.05, 3.63) is 49.7 Å². The molecule has 2 rings (SSSR count). The zero-order valence-corrected chi connectivity index (χ0v) is 11.5. The number of nitrogen functional groups attached to an aromatic ring is 1. The van der Waals surface area contributed by atoms with E-state index in [-0.39, 0.29) is 11.6 Å². The molecule has 0 bridgehead atoms. The number of nitrogens with one attached hydrogen (secondary N) is 1. The molecule has 1 aromatic carbocycles.